The first kappa shape index (κ1) is 55.1. The fourth-order valence-corrected chi connectivity index (χ4v) is 0. The van der Waals surface area contributed by atoms with E-state index in [1.807, 2.05) is 0 Å². The molecule has 0 bridgehead atoms. The van der Waals surface area contributed by atoms with Gasteiger partial charge in [0.15, 0.2) is 0 Å². The smallest absolute Gasteiger partial charge is 0 e. The standard InChI is InChI=1S/C3H5.2CH3.H2O.V/c1-3-2;;;;/h1,3H,2H3;2*1H3;1H2;/q3*-1;;. The molecule has 0 atom stereocenters. The molecule has 2 heteroatoms. The minimum Gasteiger partial charge on any atom is -0.518 e. The normalized spacial score (nSPS) is 1.86. The van der Waals surface area contributed by atoms with Crippen LogP contribution in [0.4, 0.5) is 0 Å². The first-order valence-corrected chi connectivity index (χ1v) is 0.911. The molecule has 2 N–H and O–H groups in total. The average molecular weight is 140 g/mol. The third kappa shape index (κ3) is 1430. The maximum absolute atomic E-state index is 4.72. The third-order valence-electron chi connectivity index (χ3n) is 0. The van der Waals surface area contributed by atoms with Crippen LogP contribution in [0.15, 0.2) is 6.08 Å². The molecule has 0 aliphatic rings. The molecule has 0 fully saturated rings. The molecule has 47 valence electrons. The van der Waals surface area contributed by atoms with Crippen molar-refractivity contribution in [2.75, 3.05) is 0 Å². The van der Waals surface area contributed by atoms with Crippen LogP contribution in [0.2, 0.25) is 0 Å². The summed E-state index contributed by atoms with van der Waals surface area (Å²) in [6, 6.07) is 0. The van der Waals surface area contributed by atoms with Gasteiger partial charge in [0, 0.05) is 18.6 Å². The molecule has 0 aliphatic heterocycles. The van der Waals surface area contributed by atoms with E-state index in [1.54, 1.807) is 6.92 Å². The summed E-state index contributed by atoms with van der Waals surface area (Å²) in [7, 11) is 0. The Balaban J connectivity index is -0.00000000333. The molecule has 0 rings (SSSR count). The van der Waals surface area contributed by atoms with Crippen LogP contribution >= 0.6 is 0 Å². The summed E-state index contributed by atoms with van der Waals surface area (Å²) in [4.78, 5) is 0. The second kappa shape index (κ2) is 106. The summed E-state index contributed by atoms with van der Waals surface area (Å²) in [6.45, 7) is 6.50. The molecule has 1 nitrogen and oxygen atoms in total. The van der Waals surface area contributed by atoms with Gasteiger partial charge in [-0.1, -0.05) is 6.92 Å². The Morgan fingerprint density at radius 1 is 1.29 bits per heavy atom. The SMILES string of the molecule is O.[CH-]=CC.[CH3-].[CH3-].[V]. The largest absolute Gasteiger partial charge is 0.518 e. The van der Waals surface area contributed by atoms with Gasteiger partial charge in [0.25, 0.3) is 0 Å². The minimum absolute atomic E-state index is 0. The van der Waals surface area contributed by atoms with E-state index in [1.165, 1.54) is 6.08 Å². The quantitative estimate of drug-likeness (QED) is 0.451. The maximum atomic E-state index is 4.72. The fraction of sp³-hybridized carbons (Fsp3) is 0.200. The zero-order chi connectivity index (χ0) is 2.71. The van der Waals surface area contributed by atoms with E-state index in [2.05, 4.69) is 0 Å². The van der Waals surface area contributed by atoms with Gasteiger partial charge >= 0.3 is 0 Å². The summed E-state index contributed by atoms with van der Waals surface area (Å²) in [5.41, 5.74) is 0. The first-order valence-electron chi connectivity index (χ1n) is 0.911. The van der Waals surface area contributed by atoms with E-state index in [0.29, 0.717) is 0 Å². The van der Waals surface area contributed by atoms with Gasteiger partial charge in [-0.25, -0.2) is 0 Å². The van der Waals surface area contributed by atoms with Gasteiger partial charge < -0.3 is 26.9 Å². The van der Waals surface area contributed by atoms with Crippen molar-refractivity contribution in [3.05, 3.63) is 27.5 Å². The predicted molar refractivity (Wildman–Crippen MR) is 31.0 cm³/mol. The first-order chi connectivity index (χ1) is 1.41. The molecular formula is C5H13OV-3. The van der Waals surface area contributed by atoms with Crippen molar-refractivity contribution < 1.29 is 24.0 Å². The van der Waals surface area contributed by atoms with Crippen LogP contribution in [0, 0.1) is 21.4 Å². The Morgan fingerprint density at radius 2 is 1.29 bits per heavy atom. The Hall–Kier alpha value is 0.284. The van der Waals surface area contributed by atoms with Crippen LogP contribution in [0.5, 0.6) is 0 Å². The van der Waals surface area contributed by atoms with Crippen molar-refractivity contribution in [3.8, 4) is 0 Å². The van der Waals surface area contributed by atoms with Gasteiger partial charge in [-0.15, -0.1) is 0 Å². The zero-order valence-corrected chi connectivity index (χ0v) is 6.50. The molecule has 0 heterocycles. The second-order valence-corrected chi connectivity index (χ2v) is 0.333. The van der Waals surface area contributed by atoms with Crippen LogP contribution in [-0.2, 0) is 18.6 Å². The van der Waals surface area contributed by atoms with E-state index < -0.39 is 0 Å². The minimum atomic E-state index is 0. The van der Waals surface area contributed by atoms with E-state index in [4.69, 9.17) is 6.58 Å². The van der Waals surface area contributed by atoms with Crippen LogP contribution in [0.1, 0.15) is 6.92 Å². The second-order valence-electron chi connectivity index (χ2n) is 0.333. The van der Waals surface area contributed by atoms with E-state index in [0.717, 1.165) is 0 Å². The molecular weight excluding hydrogens is 127 g/mol. The van der Waals surface area contributed by atoms with Gasteiger partial charge in [0.2, 0.25) is 0 Å². The monoisotopic (exact) mass is 140 g/mol. The number of hydrogen-bond donors (Lipinski definition) is 0. The van der Waals surface area contributed by atoms with Crippen molar-refractivity contribution in [2.24, 2.45) is 0 Å². The maximum Gasteiger partial charge on any atom is 0 e. The van der Waals surface area contributed by atoms with Crippen molar-refractivity contribution in [1.82, 2.24) is 0 Å². The summed E-state index contributed by atoms with van der Waals surface area (Å²) in [5, 5.41) is 0. The van der Waals surface area contributed by atoms with Crippen LogP contribution in [0.25, 0.3) is 0 Å². The van der Waals surface area contributed by atoms with Gasteiger partial charge in [-0.3, -0.25) is 6.08 Å². The summed E-state index contributed by atoms with van der Waals surface area (Å²) >= 11 is 0. The third-order valence-corrected chi connectivity index (χ3v) is 0. The molecule has 0 spiro atoms. The van der Waals surface area contributed by atoms with Gasteiger partial charge in [0.05, 0.1) is 0 Å². The Kier molecular flexibility index (Phi) is 838. The molecule has 0 amide bonds. The fourth-order valence-electron chi connectivity index (χ4n) is 0. The van der Waals surface area contributed by atoms with Gasteiger partial charge in [0.1, 0.15) is 0 Å². The van der Waals surface area contributed by atoms with Crippen LogP contribution in [-0.4, -0.2) is 5.48 Å². The van der Waals surface area contributed by atoms with Crippen molar-refractivity contribution >= 4 is 0 Å². The zero-order valence-electron chi connectivity index (χ0n) is 5.10. The molecule has 0 aromatic heterocycles. The van der Waals surface area contributed by atoms with Crippen LogP contribution < -0.4 is 0 Å². The van der Waals surface area contributed by atoms with Crippen LogP contribution in [0.3, 0.4) is 0 Å². The topological polar surface area (TPSA) is 31.5 Å². The molecule has 0 aromatic rings. The Labute approximate surface area is 59.0 Å². The molecule has 0 aliphatic carbocycles. The Bertz CT molecular complexity index is 15.6. The molecule has 0 unspecified atom stereocenters. The van der Waals surface area contributed by atoms with Crippen molar-refractivity contribution in [3.63, 3.8) is 0 Å². The molecule has 0 saturated heterocycles. The van der Waals surface area contributed by atoms with Crippen molar-refractivity contribution in [2.45, 2.75) is 6.92 Å². The number of hydrogen-bond acceptors (Lipinski definition) is 0. The molecule has 1 radical (unpaired) electrons. The molecule has 0 saturated carbocycles. The Morgan fingerprint density at radius 3 is 1.29 bits per heavy atom. The predicted octanol–water partition coefficient (Wildman–Crippen LogP) is 1.07. The van der Waals surface area contributed by atoms with Gasteiger partial charge in [-0.05, 0) is 0 Å². The average Bonchev–Trinajstić information content (AvgIpc) is 0.918. The molecule has 0 aromatic carbocycles. The molecule has 7 heavy (non-hydrogen) atoms. The van der Waals surface area contributed by atoms with E-state index >= 15 is 0 Å². The van der Waals surface area contributed by atoms with E-state index in [9.17, 15) is 0 Å². The van der Waals surface area contributed by atoms with Crippen molar-refractivity contribution in [1.29, 1.82) is 0 Å². The summed E-state index contributed by atoms with van der Waals surface area (Å²) < 4.78 is 0. The number of allylic oxidation sites excluding steroid dienone is 1. The summed E-state index contributed by atoms with van der Waals surface area (Å²) in [5.74, 6) is 0. The summed E-state index contributed by atoms with van der Waals surface area (Å²) in [6.07, 6.45) is 1.50. The van der Waals surface area contributed by atoms with E-state index in [-0.39, 0.29) is 38.9 Å². The number of rotatable bonds is 0. The van der Waals surface area contributed by atoms with Gasteiger partial charge in [-0.2, -0.15) is 0 Å².